The first-order chi connectivity index (χ1) is 10.7. The predicted molar refractivity (Wildman–Crippen MR) is 84.2 cm³/mol. The zero-order chi connectivity index (χ0) is 15.5. The predicted octanol–water partition coefficient (Wildman–Crippen LogP) is 1.75. The third kappa shape index (κ3) is 2.73. The van der Waals surface area contributed by atoms with Crippen LogP contribution in [-0.2, 0) is 9.53 Å². The van der Waals surface area contributed by atoms with Gasteiger partial charge in [0.1, 0.15) is 6.54 Å². The molecule has 1 aromatic carbocycles. The van der Waals surface area contributed by atoms with Gasteiger partial charge in [-0.15, -0.1) is 0 Å². The van der Waals surface area contributed by atoms with E-state index in [-0.39, 0.29) is 12.6 Å². The van der Waals surface area contributed by atoms with Crippen LogP contribution in [0.2, 0.25) is 0 Å². The summed E-state index contributed by atoms with van der Waals surface area (Å²) >= 11 is 0. The first-order valence-corrected chi connectivity index (χ1v) is 7.77. The lowest BCUT2D eigenvalue weighted by Crippen LogP contribution is -2.52. The molecular weight excluding hydrogens is 282 g/mol. The van der Waals surface area contributed by atoms with E-state index in [9.17, 15) is 9.59 Å². The maximum atomic E-state index is 12.4. The number of hydrogen-bond acceptors (Lipinski definition) is 4. The van der Waals surface area contributed by atoms with Crippen molar-refractivity contribution < 1.29 is 14.3 Å². The van der Waals surface area contributed by atoms with Gasteiger partial charge in [0.15, 0.2) is 0 Å². The van der Waals surface area contributed by atoms with Crippen molar-refractivity contribution in [2.45, 2.75) is 25.8 Å². The Labute approximate surface area is 130 Å². The zero-order valence-corrected chi connectivity index (χ0v) is 12.7. The molecule has 1 fully saturated rings. The normalized spacial score (nSPS) is 19.4. The van der Waals surface area contributed by atoms with Gasteiger partial charge < -0.3 is 15.0 Å². The molecule has 2 amide bonds. The number of ether oxygens (including phenoxy) is 1. The molecule has 0 aromatic heterocycles. The van der Waals surface area contributed by atoms with Crippen molar-refractivity contribution in [3.63, 3.8) is 0 Å². The van der Waals surface area contributed by atoms with E-state index in [1.807, 2.05) is 18.2 Å². The number of anilines is 2. The molecule has 6 nitrogen and oxygen atoms in total. The highest BCUT2D eigenvalue weighted by Gasteiger charge is 2.36. The second-order valence-corrected chi connectivity index (χ2v) is 5.55. The van der Waals surface area contributed by atoms with E-state index in [2.05, 4.69) is 16.3 Å². The quantitative estimate of drug-likeness (QED) is 0.864. The summed E-state index contributed by atoms with van der Waals surface area (Å²) < 4.78 is 4.84. The molecule has 2 heterocycles. The average Bonchev–Trinajstić information content (AvgIpc) is 3.01. The second kappa shape index (κ2) is 6.25. The summed E-state index contributed by atoms with van der Waals surface area (Å²) in [4.78, 5) is 28.0. The minimum Gasteiger partial charge on any atom is -0.465 e. The summed E-state index contributed by atoms with van der Waals surface area (Å²) in [7, 11) is 0. The smallest absolute Gasteiger partial charge is 0.325 e. The minimum absolute atomic E-state index is 0.0975. The van der Waals surface area contributed by atoms with E-state index in [0.717, 1.165) is 30.8 Å². The van der Waals surface area contributed by atoms with Gasteiger partial charge >= 0.3 is 12.0 Å². The van der Waals surface area contributed by atoms with Crippen molar-refractivity contribution in [1.82, 2.24) is 5.32 Å². The van der Waals surface area contributed by atoms with Gasteiger partial charge in [0.2, 0.25) is 0 Å². The number of nitrogens with zero attached hydrogens (tertiary/aromatic N) is 2. The van der Waals surface area contributed by atoms with Crippen molar-refractivity contribution >= 4 is 23.4 Å². The Hall–Kier alpha value is -2.24. The van der Waals surface area contributed by atoms with E-state index in [0.29, 0.717) is 19.2 Å². The van der Waals surface area contributed by atoms with Crippen molar-refractivity contribution in [2.75, 3.05) is 36.0 Å². The molecule has 1 saturated heterocycles. The molecule has 2 aliphatic heterocycles. The van der Waals surface area contributed by atoms with E-state index >= 15 is 0 Å². The molecule has 118 valence electrons. The van der Waals surface area contributed by atoms with E-state index in [4.69, 9.17) is 4.74 Å². The minimum atomic E-state index is -0.413. The van der Waals surface area contributed by atoms with Crippen LogP contribution in [0.5, 0.6) is 0 Å². The molecule has 6 heteroatoms. The number of carbonyl (C=O) groups is 2. The van der Waals surface area contributed by atoms with Crippen LogP contribution in [0.15, 0.2) is 24.3 Å². The van der Waals surface area contributed by atoms with Crippen LogP contribution in [0.3, 0.4) is 0 Å². The number of carbonyl (C=O) groups excluding carboxylic acids is 2. The molecule has 0 radical (unpaired) electrons. The highest BCUT2D eigenvalue weighted by atomic mass is 16.5. The van der Waals surface area contributed by atoms with Gasteiger partial charge in [0.25, 0.3) is 0 Å². The van der Waals surface area contributed by atoms with E-state index in [1.165, 1.54) is 0 Å². The lowest BCUT2D eigenvalue weighted by molar-refractivity contribution is -0.141. The second-order valence-electron chi connectivity index (χ2n) is 5.55. The Bertz CT molecular complexity index is 576. The number of nitrogens with one attached hydrogen (secondary N) is 1. The summed E-state index contributed by atoms with van der Waals surface area (Å²) in [6, 6.07) is 8.05. The van der Waals surface area contributed by atoms with Crippen molar-refractivity contribution in [2.24, 2.45) is 0 Å². The van der Waals surface area contributed by atoms with Crippen LogP contribution in [0.25, 0.3) is 0 Å². The van der Waals surface area contributed by atoms with E-state index in [1.54, 1.807) is 11.8 Å². The number of esters is 1. The molecule has 0 aliphatic carbocycles. The van der Waals surface area contributed by atoms with Crippen molar-refractivity contribution in [1.29, 1.82) is 0 Å². The first-order valence-electron chi connectivity index (χ1n) is 7.77. The third-order valence-corrected chi connectivity index (χ3v) is 4.19. The standard InChI is InChI=1S/C16H21N3O3/c1-2-22-15(20)10-17-16(21)19-11-12-6-5-9-18(12)13-7-3-4-8-14(13)19/h3-4,7-8,12H,2,5-6,9-11H2,1H3,(H,17,21). The lowest BCUT2D eigenvalue weighted by atomic mass is 10.1. The fraction of sp³-hybridized carbons (Fsp3) is 0.500. The maximum Gasteiger partial charge on any atom is 0.325 e. The Morgan fingerprint density at radius 3 is 2.86 bits per heavy atom. The van der Waals surface area contributed by atoms with Gasteiger partial charge in [-0.25, -0.2) is 4.79 Å². The molecule has 1 unspecified atom stereocenters. The molecule has 0 bridgehead atoms. The van der Waals surface area contributed by atoms with Gasteiger partial charge in [-0.05, 0) is 31.9 Å². The number of urea groups is 1. The third-order valence-electron chi connectivity index (χ3n) is 4.19. The molecule has 1 N–H and O–H groups in total. The number of para-hydroxylation sites is 2. The Kier molecular flexibility index (Phi) is 4.18. The molecular formula is C16H21N3O3. The molecule has 1 atom stereocenters. The zero-order valence-electron chi connectivity index (χ0n) is 12.7. The SMILES string of the molecule is CCOC(=O)CNC(=O)N1CC2CCCN2c2ccccc21. The fourth-order valence-corrected chi connectivity index (χ4v) is 3.23. The van der Waals surface area contributed by atoms with E-state index < -0.39 is 5.97 Å². The highest BCUT2D eigenvalue weighted by molar-refractivity contribution is 5.98. The molecule has 3 rings (SSSR count). The van der Waals surface area contributed by atoms with Gasteiger partial charge in [0.05, 0.1) is 18.0 Å². The summed E-state index contributed by atoms with van der Waals surface area (Å²) in [5, 5.41) is 2.65. The van der Waals surface area contributed by atoms with Gasteiger partial charge in [-0.2, -0.15) is 0 Å². The number of rotatable bonds is 3. The van der Waals surface area contributed by atoms with Crippen LogP contribution in [0.4, 0.5) is 16.2 Å². The van der Waals surface area contributed by atoms with Crippen LogP contribution in [0.1, 0.15) is 19.8 Å². The van der Waals surface area contributed by atoms with Crippen LogP contribution in [0, 0.1) is 0 Å². The lowest BCUT2D eigenvalue weighted by Gasteiger charge is -2.40. The van der Waals surface area contributed by atoms with Crippen molar-refractivity contribution in [3.05, 3.63) is 24.3 Å². The number of hydrogen-bond donors (Lipinski definition) is 1. The summed E-state index contributed by atoms with van der Waals surface area (Å²) in [5.74, 6) is -0.413. The molecule has 0 spiro atoms. The Morgan fingerprint density at radius 1 is 1.32 bits per heavy atom. The highest BCUT2D eigenvalue weighted by Crippen LogP contribution is 2.39. The molecule has 2 aliphatic rings. The molecule has 22 heavy (non-hydrogen) atoms. The van der Waals surface area contributed by atoms with Gasteiger partial charge in [0, 0.05) is 19.1 Å². The van der Waals surface area contributed by atoms with Crippen LogP contribution < -0.4 is 15.1 Å². The monoisotopic (exact) mass is 303 g/mol. The van der Waals surface area contributed by atoms with Gasteiger partial charge in [-0.3, -0.25) is 9.69 Å². The summed E-state index contributed by atoms with van der Waals surface area (Å²) in [6.45, 7) is 3.67. The number of amides is 2. The topological polar surface area (TPSA) is 61.9 Å². The number of fused-ring (bicyclic) bond motifs is 3. The average molecular weight is 303 g/mol. The number of benzene rings is 1. The fourth-order valence-electron chi connectivity index (χ4n) is 3.23. The van der Waals surface area contributed by atoms with Crippen LogP contribution >= 0.6 is 0 Å². The molecule has 1 aromatic rings. The van der Waals surface area contributed by atoms with Crippen LogP contribution in [-0.4, -0.2) is 44.3 Å². The summed E-state index contributed by atoms with van der Waals surface area (Å²) in [6.07, 6.45) is 2.24. The maximum absolute atomic E-state index is 12.4. The Morgan fingerprint density at radius 2 is 2.09 bits per heavy atom. The molecule has 0 saturated carbocycles. The van der Waals surface area contributed by atoms with Crippen molar-refractivity contribution in [3.8, 4) is 0 Å². The Balaban J connectivity index is 1.75. The summed E-state index contributed by atoms with van der Waals surface area (Å²) in [5.41, 5.74) is 2.00. The first kappa shape index (κ1) is 14.7. The van der Waals surface area contributed by atoms with Gasteiger partial charge in [-0.1, -0.05) is 12.1 Å². The largest absolute Gasteiger partial charge is 0.465 e.